The number of carbonyl (C=O) groups is 2. The van der Waals surface area contributed by atoms with E-state index in [4.69, 9.17) is 9.47 Å². The zero-order valence-corrected chi connectivity index (χ0v) is 27.9. The zero-order chi connectivity index (χ0) is 36.3. The molecule has 0 radical (unpaired) electrons. The maximum absolute atomic E-state index is 14.4. The van der Waals surface area contributed by atoms with Gasteiger partial charge in [0.2, 0.25) is 5.91 Å². The Bertz CT molecular complexity index is 1660. The van der Waals surface area contributed by atoms with Crippen molar-refractivity contribution in [3.63, 3.8) is 0 Å². The highest BCUT2D eigenvalue weighted by atomic mass is 19.4. The standard InChI is InChI=1S/C36H41F6N3O5/c1-49-29-18-23(21-44-14-4-3-5-15-44)19-30(50-2)31(29)27-11-7-9-25-24(8-6-10-26(25)27)20-28(32(46)47)43-33(48)34(36(40,41)42)12-16-45(17-13-34)22-35(37,38)39/h6-11,18-19,28H,3-5,12-17,20-22H2,1-2H3,(H,43,48)(H,46,47)/t28-/m0/s1. The highest BCUT2D eigenvalue weighted by Gasteiger charge is 2.61. The van der Waals surface area contributed by atoms with Crippen LogP contribution in [0.2, 0.25) is 0 Å². The number of methoxy groups -OCH3 is 2. The van der Waals surface area contributed by atoms with Gasteiger partial charge in [-0.25, -0.2) is 4.79 Å². The highest BCUT2D eigenvalue weighted by Crippen LogP contribution is 2.47. The fourth-order valence-electron chi connectivity index (χ4n) is 7.17. The monoisotopic (exact) mass is 709 g/mol. The summed E-state index contributed by atoms with van der Waals surface area (Å²) < 4.78 is 93.5. The number of fused-ring (bicyclic) bond motifs is 1. The number of rotatable bonds is 11. The van der Waals surface area contributed by atoms with Gasteiger partial charge in [-0.05, 0) is 91.5 Å². The van der Waals surface area contributed by atoms with E-state index in [2.05, 4.69) is 10.2 Å². The van der Waals surface area contributed by atoms with Gasteiger partial charge in [-0.3, -0.25) is 14.6 Å². The lowest BCUT2D eigenvalue weighted by atomic mass is 9.76. The molecule has 0 bridgehead atoms. The number of hydrogen-bond donors (Lipinski definition) is 2. The fraction of sp³-hybridized carbons (Fsp3) is 0.500. The number of carboxylic acids is 1. The molecule has 0 aromatic heterocycles. The number of alkyl halides is 6. The van der Waals surface area contributed by atoms with Crippen LogP contribution in [-0.2, 0) is 22.6 Å². The number of piperidine rings is 2. The normalized spacial score (nSPS) is 18.1. The topological polar surface area (TPSA) is 91.3 Å². The van der Waals surface area contributed by atoms with E-state index >= 15 is 0 Å². The molecular formula is C36H41F6N3O5. The van der Waals surface area contributed by atoms with Gasteiger partial charge in [-0.15, -0.1) is 0 Å². The SMILES string of the molecule is COc1cc(CN2CCCCC2)cc(OC)c1-c1cccc2c(C[C@H](NC(=O)C3(C(F)(F)F)CCN(CC(F)(F)F)CC3)C(=O)O)cccc12. The van der Waals surface area contributed by atoms with E-state index in [1.807, 2.05) is 24.3 Å². The maximum atomic E-state index is 14.4. The van der Waals surface area contributed by atoms with Gasteiger partial charge in [0.05, 0.1) is 26.3 Å². The van der Waals surface area contributed by atoms with Gasteiger partial charge in [0.15, 0.2) is 0 Å². The van der Waals surface area contributed by atoms with E-state index in [1.165, 1.54) is 6.42 Å². The van der Waals surface area contributed by atoms with E-state index in [1.54, 1.807) is 38.5 Å². The molecule has 0 aliphatic carbocycles. The Kier molecular flexibility index (Phi) is 11.2. The van der Waals surface area contributed by atoms with Crippen LogP contribution in [0.3, 0.4) is 0 Å². The third kappa shape index (κ3) is 8.12. The number of halogens is 6. The quantitative estimate of drug-likeness (QED) is 0.211. The molecule has 14 heteroatoms. The number of aliphatic carboxylic acids is 1. The molecule has 3 aromatic carbocycles. The minimum atomic E-state index is -5.11. The summed E-state index contributed by atoms with van der Waals surface area (Å²) in [6.45, 7) is 0.104. The number of ether oxygens (including phenoxy) is 2. The largest absolute Gasteiger partial charge is 0.496 e. The van der Waals surface area contributed by atoms with Crippen LogP contribution in [0.25, 0.3) is 21.9 Å². The maximum Gasteiger partial charge on any atom is 0.403 e. The lowest BCUT2D eigenvalue weighted by molar-refractivity contribution is -0.236. The Hall–Kier alpha value is -4.04. The summed E-state index contributed by atoms with van der Waals surface area (Å²) in [5.41, 5.74) is -0.153. The Labute approximate surface area is 286 Å². The van der Waals surface area contributed by atoms with Gasteiger partial charge in [0, 0.05) is 13.0 Å². The van der Waals surface area contributed by atoms with E-state index in [9.17, 15) is 41.0 Å². The van der Waals surface area contributed by atoms with Crippen LogP contribution in [0, 0.1) is 5.41 Å². The number of nitrogens with zero attached hydrogens (tertiary/aromatic N) is 2. The van der Waals surface area contributed by atoms with Crippen molar-refractivity contribution in [1.29, 1.82) is 0 Å². The Morgan fingerprint density at radius 1 is 0.860 bits per heavy atom. The van der Waals surface area contributed by atoms with Crippen molar-refractivity contribution in [2.75, 3.05) is 46.9 Å². The van der Waals surface area contributed by atoms with Crippen LogP contribution < -0.4 is 14.8 Å². The molecule has 2 heterocycles. The summed E-state index contributed by atoms with van der Waals surface area (Å²) in [5, 5.41) is 13.5. The molecule has 3 aromatic rings. The Morgan fingerprint density at radius 3 is 2.02 bits per heavy atom. The van der Waals surface area contributed by atoms with Crippen LogP contribution in [0.15, 0.2) is 48.5 Å². The molecular weight excluding hydrogens is 668 g/mol. The zero-order valence-electron chi connectivity index (χ0n) is 27.9. The fourth-order valence-corrected chi connectivity index (χ4v) is 7.17. The van der Waals surface area contributed by atoms with Crippen molar-refractivity contribution in [1.82, 2.24) is 15.1 Å². The molecule has 8 nitrogen and oxygen atoms in total. The van der Waals surface area contributed by atoms with Gasteiger partial charge >= 0.3 is 18.3 Å². The average molecular weight is 710 g/mol. The van der Waals surface area contributed by atoms with Crippen molar-refractivity contribution < 1.29 is 50.5 Å². The van der Waals surface area contributed by atoms with Gasteiger partial charge in [0.25, 0.3) is 0 Å². The van der Waals surface area contributed by atoms with E-state index in [0.717, 1.165) is 48.5 Å². The molecule has 50 heavy (non-hydrogen) atoms. The first-order chi connectivity index (χ1) is 23.7. The second-order valence-electron chi connectivity index (χ2n) is 13.1. The molecule has 5 rings (SSSR count). The first-order valence-electron chi connectivity index (χ1n) is 16.5. The Balaban J connectivity index is 1.43. The first kappa shape index (κ1) is 37.2. The lowest BCUT2D eigenvalue weighted by Gasteiger charge is -2.42. The second-order valence-corrected chi connectivity index (χ2v) is 13.1. The van der Waals surface area contributed by atoms with Crippen molar-refractivity contribution >= 4 is 22.6 Å². The van der Waals surface area contributed by atoms with Crippen LogP contribution >= 0.6 is 0 Å². The number of nitrogens with one attached hydrogen (secondary N) is 1. The van der Waals surface area contributed by atoms with Gasteiger partial charge in [0.1, 0.15) is 23.0 Å². The van der Waals surface area contributed by atoms with Gasteiger partial charge < -0.3 is 19.9 Å². The molecule has 1 atom stereocenters. The minimum Gasteiger partial charge on any atom is -0.496 e. The molecule has 2 aliphatic rings. The van der Waals surface area contributed by atoms with Gasteiger partial charge in [-0.1, -0.05) is 42.8 Å². The van der Waals surface area contributed by atoms with Crippen molar-refractivity contribution in [2.24, 2.45) is 5.41 Å². The molecule has 2 N–H and O–H groups in total. The summed E-state index contributed by atoms with van der Waals surface area (Å²) in [4.78, 5) is 28.9. The molecule has 272 valence electrons. The van der Waals surface area contributed by atoms with E-state index < -0.39 is 68.2 Å². The first-order valence-corrected chi connectivity index (χ1v) is 16.5. The summed E-state index contributed by atoms with van der Waals surface area (Å²) in [5.74, 6) is -1.97. The van der Waals surface area contributed by atoms with Crippen molar-refractivity contribution in [3.05, 3.63) is 59.7 Å². The van der Waals surface area contributed by atoms with E-state index in [-0.39, 0.29) is 6.42 Å². The van der Waals surface area contributed by atoms with Crippen LogP contribution in [0.5, 0.6) is 11.5 Å². The van der Waals surface area contributed by atoms with Crippen LogP contribution in [-0.4, -0.2) is 92.1 Å². The van der Waals surface area contributed by atoms with Gasteiger partial charge in [-0.2, -0.15) is 26.3 Å². The Morgan fingerprint density at radius 2 is 1.46 bits per heavy atom. The molecule has 2 saturated heterocycles. The molecule has 2 fully saturated rings. The third-order valence-electron chi connectivity index (χ3n) is 9.82. The molecule has 0 unspecified atom stereocenters. The molecule has 1 amide bonds. The van der Waals surface area contributed by atoms with E-state index in [0.29, 0.717) is 33.4 Å². The number of amides is 1. The smallest absolute Gasteiger partial charge is 0.403 e. The summed E-state index contributed by atoms with van der Waals surface area (Å²) in [6.07, 6.45) is -8.42. The van der Waals surface area contributed by atoms with Crippen LogP contribution in [0.4, 0.5) is 26.3 Å². The number of benzene rings is 3. The number of carboxylic acid groups (broad SMARTS) is 1. The average Bonchev–Trinajstić information content (AvgIpc) is 3.07. The van der Waals surface area contributed by atoms with Crippen molar-refractivity contribution in [3.8, 4) is 22.6 Å². The van der Waals surface area contributed by atoms with Crippen molar-refractivity contribution in [2.45, 2.75) is 63.5 Å². The van der Waals surface area contributed by atoms with Crippen LogP contribution in [0.1, 0.15) is 43.2 Å². The summed E-state index contributed by atoms with van der Waals surface area (Å²) >= 11 is 0. The summed E-state index contributed by atoms with van der Waals surface area (Å²) in [7, 11) is 3.13. The third-order valence-corrected chi connectivity index (χ3v) is 9.82. The molecule has 0 spiro atoms. The predicted octanol–water partition coefficient (Wildman–Crippen LogP) is 6.83. The number of hydrogen-bond acceptors (Lipinski definition) is 6. The highest BCUT2D eigenvalue weighted by molar-refractivity contribution is 6.01. The minimum absolute atomic E-state index is 0.348. The predicted molar refractivity (Wildman–Crippen MR) is 175 cm³/mol. The number of likely N-dealkylation sites (tertiary alicyclic amines) is 2. The number of carbonyl (C=O) groups excluding carboxylic acids is 1. The second kappa shape index (κ2) is 15.1. The molecule has 2 aliphatic heterocycles. The molecule has 0 saturated carbocycles. The summed E-state index contributed by atoms with van der Waals surface area (Å²) in [6, 6.07) is 12.7. The lowest BCUT2D eigenvalue weighted by Crippen LogP contribution is -2.59.